The number of benzene rings is 1. The van der Waals surface area contributed by atoms with E-state index >= 15 is 0 Å². The highest BCUT2D eigenvalue weighted by molar-refractivity contribution is 6.18. The molecule has 0 saturated carbocycles. The van der Waals surface area contributed by atoms with Crippen LogP contribution in [0, 0.1) is 0 Å². The summed E-state index contributed by atoms with van der Waals surface area (Å²) in [5.41, 5.74) is 0.634. The summed E-state index contributed by atoms with van der Waals surface area (Å²) in [6, 6.07) is 7.92. The van der Waals surface area contributed by atoms with Crippen LogP contribution < -0.4 is 10.6 Å². The van der Waals surface area contributed by atoms with Crippen molar-refractivity contribution in [2.24, 2.45) is 0 Å². The lowest BCUT2D eigenvalue weighted by Crippen LogP contribution is -2.43. The third kappa shape index (κ3) is 4.32. The van der Waals surface area contributed by atoms with Crippen molar-refractivity contribution in [3.63, 3.8) is 0 Å². The van der Waals surface area contributed by atoms with Crippen LogP contribution in [0.5, 0.6) is 0 Å². The van der Waals surface area contributed by atoms with E-state index in [4.69, 9.17) is 11.6 Å². The fourth-order valence-corrected chi connectivity index (χ4v) is 1.19. The number of hydrogen-bond acceptors (Lipinski definition) is 2. The molecule has 92 valence electrons. The van der Waals surface area contributed by atoms with Crippen LogP contribution in [-0.4, -0.2) is 36.4 Å². The zero-order valence-electron chi connectivity index (χ0n) is 9.44. The molecule has 0 aliphatic heterocycles. The van der Waals surface area contributed by atoms with E-state index in [1.165, 1.54) is 7.05 Å². The molecule has 0 aromatic heterocycles. The summed E-state index contributed by atoms with van der Waals surface area (Å²) in [5, 5.41) is 5.09. The van der Waals surface area contributed by atoms with Gasteiger partial charge in [0, 0.05) is 25.2 Å². The minimum atomic E-state index is -0.497. The third-order valence-electron chi connectivity index (χ3n) is 2.01. The number of carbonyl (C=O) groups excluding carboxylic acids is 2. The normalized spacial score (nSPS) is 9.53. The molecule has 0 spiro atoms. The first-order valence-electron chi connectivity index (χ1n) is 5.08. The number of rotatable bonds is 3. The highest BCUT2D eigenvalue weighted by Gasteiger charge is 2.15. The number of amides is 4. The van der Waals surface area contributed by atoms with Crippen LogP contribution in [0.15, 0.2) is 30.3 Å². The van der Waals surface area contributed by atoms with Gasteiger partial charge >= 0.3 is 12.1 Å². The molecule has 0 atom stereocenters. The molecule has 0 radical (unpaired) electrons. The van der Waals surface area contributed by atoms with Crippen LogP contribution >= 0.6 is 11.6 Å². The number of carbonyl (C=O) groups is 2. The highest BCUT2D eigenvalue weighted by atomic mass is 35.5. The topological polar surface area (TPSA) is 61.4 Å². The van der Waals surface area contributed by atoms with Crippen molar-refractivity contribution < 1.29 is 9.59 Å². The van der Waals surface area contributed by atoms with Crippen molar-refractivity contribution in [3.8, 4) is 0 Å². The van der Waals surface area contributed by atoms with Gasteiger partial charge in [0.2, 0.25) is 0 Å². The Labute approximate surface area is 105 Å². The van der Waals surface area contributed by atoms with Gasteiger partial charge in [0.15, 0.2) is 0 Å². The van der Waals surface area contributed by atoms with Crippen LogP contribution in [-0.2, 0) is 0 Å². The maximum atomic E-state index is 11.6. The molecule has 5 nitrogen and oxygen atoms in total. The molecular formula is C11H14ClN3O2. The number of para-hydroxylation sites is 1. The SMILES string of the molecule is CN(C(=O)NCCCl)C(=O)Nc1ccccc1. The van der Waals surface area contributed by atoms with Crippen LogP contribution in [0.2, 0.25) is 0 Å². The Morgan fingerprint density at radius 3 is 2.47 bits per heavy atom. The summed E-state index contributed by atoms with van der Waals surface area (Å²) in [6.45, 7) is 0.323. The zero-order chi connectivity index (χ0) is 12.7. The van der Waals surface area contributed by atoms with E-state index in [1.54, 1.807) is 24.3 Å². The van der Waals surface area contributed by atoms with E-state index in [0.29, 0.717) is 18.1 Å². The molecule has 0 heterocycles. The highest BCUT2D eigenvalue weighted by Crippen LogP contribution is 2.05. The van der Waals surface area contributed by atoms with Gasteiger partial charge in [0.1, 0.15) is 0 Å². The van der Waals surface area contributed by atoms with E-state index in [1.807, 2.05) is 6.07 Å². The summed E-state index contributed by atoms with van der Waals surface area (Å²) >= 11 is 5.43. The van der Waals surface area contributed by atoms with Crippen LogP contribution in [0.4, 0.5) is 15.3 Å². The molecule has 0 aliphatic carbocycles. The molecule has 0 unspecified atom stereocenters. The maximum absolute atomic E-state index is 11.6. The van der Waals surface area contributed by atoms with Crippen molar-refractivity contribution in [2.45, 2.75) is 0 Å². The molecule has 6 heteroatoms. The Morgan fingerprint density at radius 1 is 1.24 bits per heavy atom. The molecule has 0 saturated heterocycles. The molecular weight excluding hydrogens is 242 g/mol. The van der Waals surface area contributed by atoms with Gasteiger partial charge in [-0.1, -0.05) is 18.2 Å². The predicted molar refractivity (Wildman–Crippen MR) is 67.3 cm³/mol. The lowest BCUT2D eigenvalue weighted by molar-refractivity contribution is 0.202. The number of nitrogens with zero attached hydrogens (tertiary/aromatic N) is 1. The summed E-state index contributed by atoms with van der Waals surface area (Å²) in [6.07, 6.45) is 0. The summed E-state index contributed by atoms with van der Waals surface area (Å²) in [7, 11) is 1.39. The Hall–Kier alpha value is -1.75. The van der Waals surface area contributed by atoms with Crippen molar-refractivity contribution in [1.82, 2.24) is 10.2 Å². The van der Waals surface area contributed by atoms with Gasteiger partial charge < -0.3 is 10.6 Å². The molecule has 1 aromatic carbocycles. The average Bonchev–Trinajstić information content (AvgIpc) is 2.36. The Bertz CT molecular complexity index is 384. The van der Waals surface area contributed by atoms with Gasteiger partial charge in [-0.15, -0.1) is 11.6 Å². The fourth-order valence-electron chi connectivity index (χ4n) is 1.09. The lowest BCUT2D eigenvalue weighted by Gasteiger charge is -2.16. The monoisotopic (exact) mass is 255 g/mol. The molecule has 4 amide bonds. The molecule has 1 aromatic rings. The van der Waals surface area contributed by atoms with Gasteiger partial charge in [-0.3, -0.25) is 0 Å². The van der Waals surface area contributed by atoms with E-state index in [9.17, 15) is 9.59 Å². The second-order valence-corrected chi connectivity index (χ2v) is 3.65. The van der Waals surface area contributed by atoms with Gasteiger partial charge in [0.05, 0.1) is 0 Å². The first kappa shape index (κ1) is 13.3. The van der Waals surface area contributed by atoms with Gasteiger partial charge in [-0.25, -0.2) is 14.5 Å². The van der Waals surface area contributed by atoms with Crippen molar-refractivity contribution in [2.75, 3.05) is 24.8 Å². The molecule has 17 heavy (non-hydrogen) atoms. The third-order valence-corrected chi connectivity index (χ3v) is 2.19. The van der Waals surface area contributed by atoms with Crippen molar-refractivity contribution >= 4 is 29.4 Å². The summed E-state index contributed by atoms with van der Waals surface area (Å²) in [4.78, 5) is 24.0. The van der Waals surface area contributed by atoms with Crippen LogP contribution in [0.3, 0.4) is 0 Å². The fraction of sp³-hybridized carbons (Fsp3) is 0.273. The maximum Gasteiger partial charge on any atom is 0.329 e. The largest absolute Gasteiger partial charge is 0.336 e. The predicted octanol–water partition coefficient (Wildman–Crippen LogP) is 2.10. The Balaban J connectivity index is 2.50. The smallest absolute Gasteiger partial charge is 0.329 e. The van der Waals surface area contributed by atoms with Gasteiger partial charge in [-0.2, -0.15) is 0 Å². The van der Waals surface area contributed by atoms with Crippen molar-refractivity contribution in [3.05, 3.63) is 30.3 Å². The first-order chi connectivity index (χ1) is 8.15. The number of imide groups is 1. The van der Waals surface area contributed by atoms with E-state index in [0.717, 1.165) is 4.90 Å². The van der Waals surface area contributed by atoms with Gasteiger partial charge in [-0.05, 0) is 12.1 Å². The first-order valence-corrected chi connectivity index (χ1v) is 5.62. The van der Waals surface area contributed by atoms with Crippen LogP contribution in [0.1, 0.15) is 0 Å². The average molecular weight is 256 g/mol. The van der Waals surface area contributed by atoms with E-state index in [2.05, 4.69) is 10.6 Å². The number of nitrogens with one attached hydrogen (secondary N) is 2. The summed E-state index contributed by atoms with van der Waals surface area (Å²) < 4.78 is 0. The van der Waals surface area contributed by atoms with Crippen LogP contribution in [0.25, 0.3) is 0 Å². The lowest BCUT2D eigenvalue weighted by atomic mass is 10.3. The summed E-state index contributed by atoms with van der Waals surface area (Å²) in [5.74, 6) is 0.305. The Kier molecular flexibility index (Phi) is 5.29. The van der Waals surface area contributed by atoms with E-state index in [-0.39, 0.29) is 0 Å². The molecule has 0 aliphatic rings. The zero-order valence-corrected chi connectivity index (χ0v) is 10.2. The minimum absolute atomic E-state index is 0.305. The standard InChI is InChI=1S/C11H14ClN3O2/c1-15(10(16)13-8-7-12)11(17)14-9-5-3-2-4-6-9/h2-6H,7-8H2,1H3,(H,13,16)(H,14,17). The molecule has 0 bridgehead atoms. The quantitative estimate of drug-likeness (QED) is 0.813. The van der Waals surface area contributed by atoms with Gasteiger partial charge in [0.25, 0.3) is 0 Å². The second kappa shape index (κ2) is 6.75. The number of urea groups is 2. The molecule has 2 N–H and O–H groups in total. The second-order valence-electron chi connectivity index (χ2n) is 3.28. The number of alkyl halides is 1. The minimum Gasteiger partial charge on any atom is -0.336 e. The number of halogens is 1. The number of anilines is 1. The molecule has 1 rings (SSSR count). The number of hydrogen-bond donors (Lipinski definition) is 2. The van der Waals surface area contributed by atoms with Crippen molar-refractivity contribution in [1.29, 1.82) is 0 Å². The Morgan fingerprint density at radius 2 is 1.88 bits per heavy atom. The molecule has 0 fully saturated rings. The van der Waals surface area contributed by atoms with E-state index < -0.39 is 12.1 Å².